The molecule has 2 aromatic carbocycles. The molecule has 7 heteroatoms. The van der Waals surface area contributed by atoms with Crippen LogP contribution in [0.5, 0.6) is 5.75 Å². The Hall–Kier alpha value is -3.35. The fraction of sp³-hybridized carbons (Fsp3) is 0.423. The molecule has 1 aliphatic heterocycles. The third-order valence-electron chi connectivity index (χ3n) is 6.28. The predicted octanol–water partition coefficient (Wildman–Crippen LogP) is 4.33. The summed E-state index contributed by atoms with van der Waals surface area (Å²) in [5.74, 6) is 1.23. The number of hydrogen-bond acceptors (Lipinski definition) is 4. The molecule has 33 heavy (non-hydrogen) atoms. The monoisotopic (exact) mass is 448 g/mol. The number of aryl methyl sites for hydroxylation is 1. The van der Waals surface area contributed by atoms with Gasteiger partial charge in [-0.25, -0.2) is 4.98 Å². The number of methoxy groups -OCH3 is 1. The van der Waals surface area contributed by atoms with Gasteiger partial charge in [0.25, 0.3) is 5.91 Å². The molecular weight excluding hydrogens is 416 g/mol. The number of ether oxygens (including phenoxy) is 1. The zero-order chi connectivity index (χ0) is 23.2. The number of benzene rings is 2. The fourth-order valence-corrected chi connectivity index (χ4v) is 4.52. The van der Waals surface area contributed by atoms with E-state index < -0.39 is 0 Å². The molecule has 1 saturated heterocycles. The van der Waals surface area contributed by atoms with Crippen molar-refractivity contribution in [3.8, 4) is 5.75 Å². The second-order valence-electron chi connectivity index (χ2n) is 8.55. The smallest absolute Gasteiger partial charge is 0.255 e. The number of nitrogens with zero attached hydrogens (tertiary/aromatic N) is 3. The summed E-state index contributed by atoms with van der Waals surface area (Å²) in [7, 11) is 1.55. The van der Waals surface area contributed by atoms with Crippen LogP contribution < -0.4 is 10.1 Å². The molecule has 1 aromatic heterocycles. The third-order valence-corrected chi connectivity index (χ3v) is 6.28. The first-order valence-electron chi connectivity index (χ1n) is 11.8. The molecule has 4 rings (SSSR count). The van der Waals surface area contributed by atoms with Crippen LogP contribution in [0.1, 0.15) is 61.3 Å². The topological polar surface area (TPSA) is 76.5 Å². The van der Waals surface area contributed by atoms with Crippen molar-refractivity contribution in [3.05, 3.63) is 59.9 Å². The zero-order valence-electron chi connectivity index (χ0n) is 19.4. The van der Waals surface area contributed by atoms with E-state index in [4.69, 9.17) is 9.72 Å². The minimum Gasteiger partial charge on any atom is -0.496 e. The number of rotatable bonds is 7. The molecule has 1 fully saturated rings. The summed E-state index contributed by atoms with van der Waals surface area (Å²) in [6.07, 6.45) is 4.97. The van der Waals surface area contributed by atoms with E-state index in [0.717, 1.165) is 42.8 Å². The Kier molecular flexibility index (Phi) is 7.27. The number of likely N-dealkylation sites (tertiary alicyclic amines) is 1. The van der Waals surface area contributed by atoms with Gasteiger partial charge in [0.2, 0.25) is 5.91 Å². The molecule has 0 spiro atoms. The lowest BCUT2D eigenvalue weighted by Crippen LogP contribution is -2.33. The van der Waals surface area contributed by atoms with Gasteiger partial charge in [0, 0.05) is 26.1 Å². The predicted molar refractivity (Wildman–Crippen MR) is 128 cm³/mol. The van der Waals surface area contributed by atoms with E-state index in [9.17, 15) is 9.59 Å². The average molecular weight is 449 g/mol. The number of carbonyl (C=O) groups excluding carboxylic acids is 2. The van der Waals surface area contributed by atoms with Crippen LogP contribution in [0.4, 0.5) is 0 Å². The Labute approximate surface area is 194 Å². The van der Waals surface area contributed by atoms with Crippen LogP contribution >= 0.6 is 0 Å². The largest absolute Gasteiger partial charge is 0.496 e. The first-order chi connectivity index (χ1) is 16.1. The molecule has 0 aliphatic carbocycles. The standard InChI is InChI=1S/C26H32N4O3/c1-19(27-26(32)20-11-5-8-14-23(20)33-2)25-28-21-12-6-7-13-22(21)30(25)18-15-24(31)29-16-9-3-4-10-17-29/h5-8,11-14,19H,3-4,9-10,15-18H2,1-2H3,(H,27,32). The second kappa shape index (κ2) is 10.5. The number of para-hydroxylation sites is 3. The lowest BCUT2D eigenvalue weighted by molar-refractivity contribution is -0.131. The van der Waals surface area contributed by atoms with Crippen LogP contribution in [-0.2, 0) is 11.3 Å². The number of fused-ring (bicyclic) bond motifs is 1. The maximum atomic E-state index is 13.0. The van der Waals surface area contributed by atoms with Gasteiger partial charge in [0.05, 0.1) is 29.7 Å². The first-order valence-corrected chi connectivity index (χ1v) is 11.8. The lowest BCUT2D eigenvalue weighted by atomic mass is 10.1. The van der Waals surface area contributed by atoms with Gasteiger partial charge in [0.1, 0.15) is 11.6 Å². The van der Waals surface area contributed by atoms with Crippen LogP contribution in [-0.4, -0.2) is 46.5 Å². The molecule has 1 aliphatic rings. The molecule has 174 valence electrons. The van der Waals surface area contributed by atoms with Crippen LogP contribution in [0.3, 0.4) is 0 Å². The molecule has 0 bridgehead atoms. The molecule has 1 N–H and O–H groups in total. The summed E-state index contributed by atoms with van der Waals surface area (Å²) >= 11 is 0. The van der Waals surface area contributed by atoms with Gasteiger partial charge in [0.15, 0.2) is 0 Å². The summed E-state index contributed by atoms with van der Waals surface area (Å²) in [4.78, 5) is 32.7. The molecular formula is C26H32N4O3. The summed E-state index contributed by atoms with van der Waals surface area (Å²) in [6.45, 7) is 4.14. The van der Waals surface area contributed by atoms with Gasteiger partial charge >= 0.3 is 0 Å². The summed E-state index contributed by atoms with van der Waals surface area (Å²) < 4.78 is 7.40. The van der Waals surface area contributed by atoms with Crippen LogP contribution in [0.2, 0.25) is 0 Å². The third kappa shape index (κ3) is 5.18. The van der Waals surface area contributed by atoms with E-state index in [1.807, 2.05) is 48.2 Å². The summed E-state index contributed by atoms with van der Waals surface area (Å²) in [5.41, 5.74) is 2.30. The average Bonchev–Trinajstić information content (AvgIpc) is 3.00. The molecule has 2 amide bonds. The minimum atomic E-state index is -0.344. The van der Waals surface area contributed by atoms with Crippen molar-refractivity contribution in [2.45, 2.75) is 51.6 Å². The van der Waals surface area contributed by atoms with Gasteiger partial charge in [-0.3, -0.25) is 9.59 Å². The normalized spacial score (nSPS) is 15.2. The number of aromatic nitrogens is 2. The van der Waals surface area contributed by atoms with Crippen LogP contribution in [0.15, 0.2) is 48.5 Å². The lowest BCUT2D eigenvalue weighted by Gasteiger charge is -2.21. The van der Waals surface area contributed by atoms with Crippen molar-refractivity contribution in [3.63, 3.8) is 0 Å². The summed E-state index contributed by atoms with van der Waals surface area (Å²) in [6, 6.07) is 14.7. The molecule has 7 nitrogen and oxygen atoms in total. The quantitative estimate of drug-likeness (QED) is 0.584. The fourth-order valence-electron chi connectivity index (χ4n) is 4.52. The molecule has 3 aromatic rings. The Morgan fingerprint density at radius 3 is 2.48 bits per heavy atom. The van der Waals surface area contributed by atoms with Crippen molar-refractivity contribution < 1.29 is 14.3 Å². The number of nitrogens with one attached hydrogen (secondary N) is 1. The molecule has 1 atom stereocenters. The number of carbonyl (C=O) groups is 2. The Morgan fingerprint density at radius 2 is 1.73 bits per heavy atom. The van der Waals surface area contributed by atoms with E-state index in [1.54, 1.807) is 19.2 Å². The molecule has 1 unspecified atom stereocenters. The summed E-state index contributed by atoms with van der Waals surface area (Å²) in [5, 5.41) is 3.05. The number of amides is 2. The zero-order valence-corrected chi connectivity index (χ0v) is 19.4. The Balaban J connectivity index is 1.54. The maximum absolute atomic E-state index is 13.0. The van der Waals surface area contributed by atoms with E-state index in [-0.39, 0.29) is 17.9 Å². The van der Waals surface area contributed by atoms with Gasteiger partial charge in [-0.1, -0.05) is 37.1 Å². The van der Waals surface area contributed by atoms with E-state index in [1.165, 1.54) is 12.8 Å². The van der Waals surface area contributed by atoms with Crippen molar-refractivity contribution in [1.82, 2.24) is 19.8 Å². The van der Waals surface area contributed by atoms with Crippen LogP contribution in [0, 0.1) is 0 Å². The van der Waals surface area contributed by atoms with Gasteiger partial charge in [-0.2, -0.15) is 0 Å². The molecule has 0 radical (unpaired) electrons. The number of imidazole rings is 1. The Bertz CT molecular complexity index is 1120. The SMILES string of the molecule is COc1ccccc1C(=O)NC(C)c1nc2ccccc2n1CCC(=O)N1CCCCCC1. The van der Waals surface area contributed by atoms with E-state index >= 15 is 0 Å². The van der Waals surface area contributed by atoms with E-state index in [2.05, 4.69) is 9.88 Å². The van der Waals surface area contributed by atoms with Gasteiger partial charge in [-0.05, 0) is 44.0 Å². The van der Waals surface area contributed by atoms with Crippen LogP contribution in [0.25, 0.3) is 11.0 Å². The highest BCUT2D eigenvalue weighted by Gasteiger charge is 2.22. The number of hydrogen-bond donors (Lipinski definition) is 1. The van der Waals surface area contributed by atoms with Gasteiger partial charge in [-0.15, -0.1) is 0 Å². The first kappa shape index (κ1) is 22.8. The molecule has 0 saturated carbocycles. The highest BCUT2D eigenvalue weighted by molar-refractivity contribution is 5.97. The Morgan fingerprint density at radius 1 is 1.03 bits per heavy atom. The van der Waals surface area contributed by atoms with E-state index in [0.29, 0.717) is 24.3 Å². The highest BCUT2D eigenvalue weighted by atomic mass is 16.5. The highest BCUT2D eigenvalue weighted by Crippen LogP contribution is 2.23. The van der Waals surface area contributed by atoms with Crippen molar-refractivity contribution >= 4 is 22.8 Å². The van der Waals surface area contributed by atoms with Gasteiger partial charge < -0.3 is 19.5 Å². The minimum absolute atomic E-state index is 0.186. The second-order valence-corrected chi connectivity index (χ2v) is 8.55. The van der Waals surface area contributed by atoms with Crippen molar-refractivity contribution in [2.24, 2.45) is 0 Å². The maximum Gasteiger partial charge on any atom is 0.255 e. The van der Waals surface area contributed by atoms with Crippen molar-refractivity contribution in [1.29, 1.82) is 0 Å². The molecule has 2 heterocycles. The van der Waals surface area contributed by atoms with Crippen molar-refractivity contribution in [2.75, 3.05) is 20.2 Å².